The van der Waals surface area contributed by atoms with Gasteiger partial charge in [0.1, 0.15) is 0 Å². The summed E-state index contributed by atoms with van der Waals surface area (Å²) in [5, 5.41) is 4.88. The fourth-order valence-corrected chi connectivity index (χ4v) is 9.14. The fourth-order valence-electron chi connectivity index (χ4n) is 8.02. The first-order valence-electron chi connectivity index (χ1n) is 18.4. The number of hydrogen-bond donors (Lipinski definition) is 0. The number of thiophene rings is 1. The summed E-state index contributed by atoms with van der Waals surface area (Å²) in [7, 11) is 0. The zero-order valence-corrected chi connectivity index (χ0v) is 31.0. The van der Waals surface area contributed by atoms with E-state index in [-0.39, 0.29) is 5.41 Å². The van der Waals surface area contributed by atoms with Crippen molar-refractivity contribution in [2.75, 3.05) is 0 Å². The second kappa shape index (κ2) is 13.9. The average molecular weight is 689 g/mol. The van der Waals surface area contributed by atoms with Crippen LogP contribution in [0.4, 0.5) is 0 Å². The lowest BCUT2D eigenvalue weighted by Crippen LogP contribution is -2.29. The van der Waals surface area contributed by atoms with E-state index in [0.29, 0.717) is 0 Å². The number of hydrogen-bond acceptors (Lipinski definition) is 1. The molecule has 0 N–H and O–H groups in total. The second-order valence-corrected chi connectivity index (χ2v) is 15.6. The van der Waals surface area contributed by atoms with Crippen LogP contribution in [-0.2, 0) is 5.41 Å². The molecule has 52 heavy (non-hydrogen) atoms. The maximum atomic E-state index is 4.96. The third-order valence-electron chi connectivity index (χ3n) is 10.9. The Kier molecular flexibility index (Phi) is 8.99. The molecule has 1 aromatic heterocycles. The van der Waals surface area contributed by atoms with E-state index in [1.807, 2.05) is 11.3 Å². The molecule has 0 atom stereocenters. The summed E-state index contributed by atoms with van der Waals surface area (Å²) in [5.41, 5.74) is 12.8. The highest BCUT2D eigenvalue weighted by molar-refractivity contribution is 7.25. The van der Waals surface area contributed by atoms with Gasteiger partial charge in [-0.15, -0.1) is 11.3 Å². The van der Waals surface area contributed by atoms with E-state index in [1.165, 1.54) is 53.6 Å². The molecule has 0 aliphatic heterocycles. The largest absolute Gasteiger partial charge is 0.135 e. The first kappa shape index (κ1) is 33.6. The highest BCUT2D eigenvalue weighted by atomic mass is 32.1. The van der Waals surface area contributed by atoms with Gasteiger partial charge in [-0.05, 0) is 122 Å². The molecule has 0 spiro atoms. The van der Waals surface area contributed by atoms with E-state index in [4.69, 9.17) is 6.58 Å². The van der Waals surface area contributed by atoms with Crippen molar-refractivity contribution in [2.24, 2.45) is 0 Å². The topological polar surface area (TPSA) is 0 Å². The van der Waals surface area contributed by atoms with Crippen molar-refractivity contribution < 1.29 is 0 Å². The quantitative estimate of drug-likeness (QED) is 0.149. The van der Waals surface area contributed by atoms with Gasteiger partial charge in [-0.1, -0.05) is 155 Å². The van der Waals surface area contributed by atoms with Crippen molar-refractivity contribution in [2.45, 2.75) is 44.9 Å². The van der Waals surface area contributed by atoms with Crippen molar-refractivity contribution in [3.05, 3.63) is 209 Å². The predicted octanol–water partition coefficient (Wildman–Crippen LogP) is 12.8. The van der Waals surface area contributed by atoms with E-state index in [1.54, 1.807) is 0 Å². The van der Waals surface area contributed by atoms with Crippen LogP contribution in [0.5, 0.6) is 0 Å². The lowest BCUT2D eigenvalue weighted by atomic mass is 9.76. The zero-order valence-electron chi connectivity index (χ0n) is 30.2. The molecule has 5 aromatic rings. The average Bonchev–Trinajstić information content (AvgIpc) is 3.67. The minimum atomic E-state index is -0.158. The van der Waals surface area contributed by atoms with Gasteiger partial charge in [0.2, 0.25) is 0 Å². The Morgan fingerprint density at radius 1 is 0.692 bits per heavy atom. The summed E-state index contributed by atoms with van der Waals surface area (Å²) in [6.07, 6.45) is 26.3. The maximum Gasteiger partial charge on any atom is 0.0361 e. The fraction of sp³-hybridized carbons (Fsp3) is 0.137. The maximum absolute atomic E-state index is 4.96. The number of benzene rings is 4. The Hall–Kier alpha value is -5.50. The van der Waals surface area contributed by atoms with Gasteiger partial charge in [-0.3, -0.25) is 0 Å². The lowest BCUT2D eigenvalue weighted by Gasteiger charge is -2.27. The van der Waals surface area contributed by atoms with Crippen LogP contribution in [0.1, 0.15) is 61.8 Å². The number of rotatable bonds is 7. The minimum absolute atomic E-state index is 0.158. The zero-order chi connectivity index (χ0) is 35.8. The Bertz CT molecular complexity index is 2630. The van der Waals surface area contributed by atoms with Crippen LogP contribution in [0.2, 0.25) is 0 Å². The molecule has 8 rings (SSSR count). The highest BCUT2D eigenvalue weighted by Gasteiger charge is 2.35. The van der Waals surface area contributed by atoms with Gasteiger partial charge in [0.25, 0.3) is 0 Å². The van der Waals surface area contributed by atoms with Crippen LogP contribution >= 0.6 is 11.3 Å². The van der Waals surface area contributed by atoms with Gasteiger partial charge in [-0.2, -0.15) is 0 Å². The molecule has 4 aromatic carbocycles. The molecular weight excluding hydrogens is 645 g/mol. The van der Waals surface area contributed by atoms with E-state index in [2.05, 4.69) is 173 Å². The molecule has 1 heteroatoms. The summed E-state index contributed by atoms with van der Waals surface area (Å²) in [6, 6.07) is 31.2. The molecular formula is C51H44S. The van der Waals surface area contributed by atoms with E-state index in [0.717, 1.165) is 64.0 Å². The first-order valence-corrected chi connectivity index (χ1v) is 19.2. The van der Waals surface area contributed by atoms with Crippen molar-refractivity contribution >= 4 is 59.9 Å². The molecule has 254 valence electrons. The lowest BCUT2D eigenvalue weighted by molar-refractivity contribution is 0.704. The summed E-state index contributed by atoms with van der Waals surface area (Å²) in [5.74, 6) is 0. The van der Waals surface area contributed by atoms with Crippen LogP contribution in [0, 0.1) is 0 Å². The number of fused-ring (bicyclic) bond motifs is 5. The molecule has 0 bridgehead atoms. The van der Waals surface area contributed by atoms with E-state index < -0.39 is 0 Å². The van der Waals surface area contributed by atoms with Crippen molar-refractivity contribution in [3.63, 3.8) is 0 Å². The van der Waals surface area contributed by atoms with Crippen LogP contribution in [0.25, 0.3) is 48.5 Å². The van der Waals surface area contributed by atoms with Crippen molar-refractivity contribution in [1.29, 1.82) is 0 Å². The highest BCUT2D eigenvalue weighted by Crippen LogP contribution is 2.50. The predicted molar refractivity (Wildman–Crippen MR) is 230 cm³/mol. The molecule has 3 aliphatic rings. The third kappa shape index (κ3) is 6.10. The standard InChI is InChI=1S/C51H44S/c1-34(37-19-9-8-10-20-37)29-30-35(2)39-22-11-6-7-12-23-40(42-25-15-14-24-41(39)42)36(3)44-32-46-43-26-16-18-28-49(43)52-50(46)33-45(44)48-31-38-21-13-17-27-47(38)51(48,4)5/h8-9,11-19,21-33H,1-3,6-7,10,20H2,4-5H3/b22-11?,23-12+,30-29-,41-39?,42-40+. The van der Waals surface area contributed by atoms with Crippen LogP contribution in [-0.4, -0.2) is 0 Å². The van der Waals surface area contributed by atoms with Crippen molar-refractivity contribution in [3.8, 4) is 0 Å². The monoisotopic (exact) mass is 688 g/mol. The SMILES string of the molecule is C=C(/C=C\C(=C)C1=c2cccc/c2=C(C(=C)c2cc3c(cc2C2=Cc4ccccc4C2(C)C)sc2ccccc23)/C=C/CCC=C1)C1=CC=CCC1. The number of allylic oxidation sites excluding steroid dienone is 14. The second-order valence-electron chi connectivity index (χ2n) is 14.5. The Balaban J connectivity index is 1.35. The molecule has 0 saturated heterocycles. The smallest absolute Gasteiger partial charge is 0.0361 e. The molecule has 0 radical (unpaired) electrons. The first-order chi connectivity index (χ1) is 25.3. The summed E-state index contributed by atoms with van der Waals surface area (Å²) < 4.78 is 2.61. The third-order valence-corrected chi connectivity index (χ3v) is 12.0. The summed E-state index contributed by atoms with van der Waals surface area (Å²) in [6.45, 7) is 18.7. The van der Waals surface area contributed by atoms with Gasteiger partial charge < -0.3 is 0 Å². The van der Waals surface area contributed by atoms with Crippen molar-refractivity contribution in [1.82, 2.24) is 0 Å². The molecule has 1 heterocycles. The normalized spacial score (nSPS) is 18.2. The van der Waals surface area contributed by atoms with Crippen LogP contribution < -0.4 is 10.4 Å². The Morgan fingerprint density at radius 3 is 2.15 bits per heavy atom. The molecule has 3 aliphatic carbocycles. The van der Waals surface area contributed by atoms with Crippen LogP contribution in [0.3, 0.4) is 0 Å². The Labute approximate surface area is 312 Å². The van der Waals surface area contributed by atoms with Gasteiger partial charge in [0.15, 0.2) is 0 Å². The minimum Gasteiger partial charge on any atom is -0.135 e. The molecule has 0 unspecified atom stereocenters. The van der Waals surface area contributed by atoms with Gasteiger partial charge in [0, 0.05) is 25.6 Å². The Morgan fingerprint density at radius 2 is 1.38 bits per heavy atom. The summed E-state index contributed by atoms with van der Waals surface area (Å²) >= 11 is 1.88. The van der Waals surface area contributed by atoms with E-state index >= 15 is 0 Å². The van der Waals surface area contributed by atoms with Gasteiger partial charge in [0.05, 0.1) is 0 Å². The van der Waals surface area contributed by atoms with Crippen LogP contribution in [0.15, 0.2) is 176 Å². The molecule has 0 fully saturated rings. The summed E-state index contributed by atoms with van der Waals surface area (Å²) in [4.78, 5) is 0. The van der Waals surface area contributed by atoms with Gasteiger partial charge in [-0.25, -0.2) is 0 Å². The molecule has 0 amide bonds. The molecule has 0 saturated carbocycles. The van der Waals surface area contributed by atoms with Gasteiger partial charge >= 0.3 is 0 Å². The molecule has 0 nitrogen and oxygen atoms in total. The van der Waals surface area contributed by atoms with E-state index in [9.17, 15) is 0 Å².